The number of carbonyl (C=O) groups is 1. The molecule has 0 aromatic rings. The van der Waals surface area contributed by atoms with E-state index in [1.807, 2.05) is 20.8 Å². The first-order valence-corrected chi connectivity index (χ1v) is 6.45. The van der Waals surface area contributed by atoms with Gasteiger partial charge in [0.15, 0.2) is 0 Å². The zero-order valence-electron chi connectivity index (χ0n) is 12.2. The second-order valence-electron chi connectivity index (χ2n) is 6.21. The van der Waals surface area contributed by atoms with Crippen molar-refractivity contribution in [3.05, 3.63) is 0 Å². The lowest BCUT2D eigenvalue weighted by Gasteiger charge is -2.20. The van der Waals surface area contributed by atoms with Crippen molar-refractivity contribution in [3.8, 4) is 0 Å². The number of carbonyl (C=O) groups excluding carboxylic acids is 1. The fraction of sp³-hybridized carbons (Fsp3) is 0.923. The Balaban J connectivity index is 3.84. The second-order valence-corrected chi connectivity index (χ2v) is 6.21. The molecule has 0 fully saturated rings. The quantitative estimate of drug-likeness (QED) is 0.325. The third-order valence-corrected chi connectivity index (χ3v) is 2.39. The second kappa shape index (κ2) is 7.46. The van der Waals surface area contributed by atoms with Crippen molar-refractivity contribution >= 4 is 5.97 Å². The van der Waals surface area contributed by atoms with Crippen molar-refractivity contribution in [2.75, 3.05) is 0 Å². The molecule has 0 bridgehead atoms. The molecule has 0 aromatic carbocycles. The molecule has 0 unspecified atom stereocenters. The summed E-state index contributed by atoms with van der Waals surface area (Å²) in [6, 6.07) is 0. The monoisotopic (exact) mass is 258 g/mol. The Labute approximate surface area is 110 Å². The molecule has 5 heteroatoms. The molecule has 0 aliphatic heterocycles. The van der Waals surface area contributed by atoms with Gasteiger partial charge in [0.25, 0.3) is 0 Å². The molecule has 0 aliphatic rings. The average molecular weight is 258 g/mol. The van der Waals surface area contributed by atoms with Crippen molar-refractivity contribution < 1.29 is 14.9 Å². The first-order valence-electron chi connectivity index (χ1n) is 6.45. The topological polar surface area (TPSA) is 71.2 Å². The Bertz CT molecular complexity index is 280. The van der Waals surface area contributed by atoms with Gasteiger partial charge in [-0.1, -0.05) is 12.8 Å². The summed E-state index contributed by atoms with van der Waals surface area (Å²) in [4.78, 5) is 14.3. The van der Waals surface area contributed by atoms with E-state index in [9.17, 15) is 4.79 Å². The van der Waals surface area contributed by atoms with Crippen LogP contribution in [0, 0.1) is 0 Å². The van der Waals surface area contributed by atoms with Crippen molar-refractivity contribution in [1.29, 1.82) is 0 Å². The van der Waals surface area contributed by atoms with Crippen LogP contribution in [0.5, 0.6) is 0 Å². The molecule has 0 aliphatic carbocycles. The van der Waals surface area contributed by atoms with E-state index in [1.165, 1.54) is 0 Å². The smallest absolute Gasteiger partial charge is 0.301 e. The summed E-state index contributed by atoms with van der Waals surface area (Å²) in [7, 11) is 0. The Kier molecular flexibility index (Phi) is 7.06. The highest BCUT2D eigenvalue weighted by atomic mass is 17.1. The van der Waals surface area contributed by atoms with Crippen molar-refractivity contribution in [2.45, 2.75) is 77.8 Å². The predicted molar refractivity (Wildman–Crippen MR) is 70.5 cm³/mol. The largest absolute Gasteiger partial charge is 0.342 e. The number of azo groups is 1. The van der Waals surface area contributed by atoms with Gasteiger partial charge < -0.3 is 4.89 Å². The van der Waals surface area contributed by atoms with Crippen LogP contribution >= 0.6 is 0 Å². The molecule has 0 atom stereocenters. The van der Waals surface area contributed by atoms with Crippen LogP contribution in [-0.2, 0) is 9.68 Å². The van der Waals surface area contributed by atoms with Gasteiger partial charge in [0, 0.05) is 6.42 Å². The van der Waals surface area contributed by atoms with Gasteiger partial charge in [-0.25, -0.2) is 4.79 Å². The van der Waals surface area contributed by atoms with E-state index < -0.39 is 5.97 Å². The molecule has 106 valence electrons. The first-order chi connectivity index (χ1) is 8.16. The molecule has 1 N–H and O–H groups in total. The van der Waals surface area contributed by atoms with E-state index in [0.29, 0.717) is 0 Å². The third-order valence-electron chi connectivity index (χ3n) is 2.39. The molecule has 0 saturated carbocycles. The molecular formula is C13H26N2O3. The number of rotatable bonds is 7. The van der Waals surface area contributed by atoms with E-state index in [0.717, 1.165) is 25.7 Å². The molecule has 5 nitrogen and oxygen atoms in total. The predicted octanol–water partition coefficient (Wildman–Crippen LogP) is 3.98. The summed E-state index contributed by atoms with van der Waals surface area (Å²) in [5, 5.41) is 16.7. The standard InChI is InChI=1S/C13H26N2O3/c1-12(2,3)14-15-13(4,5)10-8-6-7-9-11(16)18-17/h17H,6-10H2,1-5H3. The maximum atomic E-state index is 10.7. The summed E-state index contributed by atoms with van der Waals surface area (Å²) in [6.45, 7) is 10.2. The van der Waals surface area contributed by atoms with Crippen LogP contribution in [0.3, 0.4) is 0 Å². The molecule has 0 amide bonds. The van der Waals surface area contributed by atoms with Crippen molar-refractivity contribution in [3.63, 3.8) is 0 Å². The SMILES string of the molecule is CC(C)(C)N=NC(C)(C)CCCCCC(=O)OO. The fourth-order valence-electron chi connectivity index (χ4n) is 1.38. The van der Waals surface area contributed by atoms with E-state index in [2.05, 4.69) is 29.0 Å². The van der Waals surface area contributed by atoms with Gasteiger partial charge in [-0.3, -0.25) is 0 Å². The van der Waals surface area contributed by atoms with Crippen LogP contribution in [0.1, 0.15) is 66.7 Å². The van der Waals surface area contributed by atoms with Gasteiger partial charge in [-0.05, 0) is 47.5 Å². The summed E-state index contributed by atoms with van der Waals surface area (Å²) in [6.07, 6.45) is 3.82. The van der Waals surface area contributed by atoms with Crippen LogP contribution < -0.4 is 0 Å². The van der Waals surface area contributed by atoms with Crippen molar-refractivity contribution in [1.82, 2.24) is 0 Å². The lowest BCUT2D eigenvalue weighted by atomic mass is 9.97. The Morgan fingerprint density at radius 3 is 2.17 bits per heavy atom. The summed E-state index contributed by atoms with van der Waals surface area (Å²) in [5.74, 6) is -0.568. The van der Waals surface area contributed by atoms with Gasteiger partial charge in [-0.2, -0.15) is 15.5 Å². The van der Waals surface area contributed by atoms with Gasteiger partial charge >= 0.3 is 5.97 Å². The number of hydrogen-bond acceptors (Lipinski definition) is 5. The van der Waals surface area contributed by atoms with E-state index in [4.69, 9.17) is 5.26 Å². The zero-order valence-corrected chi connectivity index (χ0v) is 12.2. The average Bonchev–Trinajstić information content (AvgIpc) is 2.25. The van der Waals surface area contributed by atoms with E-state index >= 15 is 0 Å². The fourth-order valence-corrected chi connectivity index (χ4v) is 1.38. The van der Waals surface area contributed by atoms with Crippen LogP contribution in [0.15, 0.2) is 10.2 Å². The Hall–Kier alpha value is -0.970. The highest BCUT2D eigenvalue weighted by molar-refractivity contribution is 5.68. The molecular weight excluding hydrogens is 232 g/mol. The molecule has 18 heavy (non-hydrogen) atoms. The first kappa shape index (κ1) is 17.0. The third kappa shape index (κ3) is 10.2. The maximum absolute atomic E-state index is 10.7. The molecule has 0 rings (SSSR count). The lowest BCUT2D eigenvalue weighted by Crippen LogP contribution is -2.18. The van der Waals surface area contributed by atoms with E-state index in [-0.39, 0.29) is 17.5 Å². The van der Waals surface area contributed by atoms with Gasteiger partial charge in [0.1, 0.15) is 0 Å². The Morgan fingerprint density at radius 1 is 1.06 bits per heavy atom. The minimum absolute atomic E-state index is 0.137. The molecule has 0 spiro atoms. The van der Waals surface area contributed by atoms with Crippen LogP contribution in [0.2, 0.25) is 0 Å². The molecule has 0 aromatic heterocycles. The summed E-state index contributed by atoms with van der Waals surface area (Å²) in [5.41, 5.74) is -0.299. The van der Waals surface area contributed by atoms with Crippen LogP contribution in [0.4, 0.5) is 0 Å². The highest BCUT2D eigenvalue weighted by Crippen LogP contribution is 2.21. The number of unbranched alkanes of at least 4 members (excludes halogenated alkanes) is 2. The number of hydrogen-bond donors (Lipinski definition) is 1. The molecule has 0 radical (unpaired) electrons. The van der Waals surface area contributed by atoms with E-state index in [1.54, 1.807) is 0 Å². The zero-order chi connectivity index (χ0) is 14.2. The highest BCUT2D eigenvalue weighted by Gasteiger charge is 2.18. The minimum Gasteiger partial charge on any atom is -0.301 e. The molecule has 0 saturated heterocycles. The normalized spacial score (nSPS) is 13.0. The van der Waals surface area contributed by atoms with Crippen LogP contribution in [-0.4, -0.2) is 22.3 Å². The van der Waals surface area contributed by atoms with Gasteiger partial charge in [-0.15, -0.1) is 0 Å². The lowest BCUT2D eigenvalue weighted by molar-refractivity contribution is -0.234. The minimum atomic E-state index is -0.568. The van der Waals surface area contributed by atoms with Gasteiger partial charge in [0.05, 0.1) is 11.1 Å². The van der Waals surface area contributed by atoms with Crippen LogP contribution in [0.25, 0.3) is 0 Å². The summed E-state index contributed by atoms with van der Waals surface area (Å²) >= 11 is 0. The summed E-state index contributed by atoms with van der Waals surface area (Å²) < 4.78 is 0. The van der Waals surface area contributed by atoms with Crippen molar-refractivity contribution in [2.24, 2.45) is 10.2 Å². The Morgan fingerprint density at radius 2 is 1.67 bits per heavy atom. The number of nitrogens with zero attached hydrogens (tertiary/aromatic N) is 2. The van der Waals surface area contributed by atoms with Gasteiger partial charge in [0.2, 0.25) is 0 Å². The molecule has 0 heterocycles. The maximum Gasteiger partial charge on any atom is 0.342 e.